The predicted octanol–water partition coefficient (Wildman–Crippen LogP) is 0.908. The lowest BCUT2D eigenvalue weighted by Gasteiger charge is -2.61. The summed E-state index contributed by atoms with van der Waals surface area (Å²) in [5.74, 6) is -0.134. The lowest BCUT2D eigenvalue weighted by Crippen LogP contribution is -2.66. The number of aromatic nitrogens is 4. The van der Waals surface area contributed by atoms with Crippen LogP contribution in [0.3, 0.4) is 0 Å². The van der Waals surface area contributed by atoms with E-state index in [9.17, 15) is 30.5 Å². The number of aliphatic imine (C=N–C) groups is 1. The van der Waals surface area contributed by atoms with Crippen LogP contribution >= 0.6 is 0 Å². The van der Waals surface area contributed by atoms with E-state index in [-0.39, 0.29) is 17.8 Å². The van der Waals surface area contributed by atoms with Crippen molar-refractivity contribution in [3.63, 3.8) is 0 Å². The zero-order valence-electron chi connectivity index (χ0n) is 26.9. The fourth-order valence-electron chi connectivity index (χ4n) is 8.30. The van der Waals surface area contributed by atoms with Crippen molar-refractivity contribution in [3.05, 3.63) is 59.9 Å². The van der Waals surface area contributed by atoms with Gasteiger partial charge in [0, 0.05) is 54.4 Å². The summed E-state index contributed by atoms with van der Waals surface area (Å²) in [5.41, 5.74) is 5.53. The van der Waals surface area contributed by atoms with Gasteiger partial charge in [-0.05, 0) is 49.7 Å². The van der Waals surface area contributed by atoms with Gasteiger partial charge < -0.3 is 44.9 Å². The Kier molecular flexibility index (Phi) is 8.77. The fourth-order valence-corrected chi connectivity index (χ4v) is 8.30. The van der Waals surface area contributed by atoms with Crippen LogP contribution in [0.15, 0.2) is 59.3 Å². The number of imidazole rings is 1. The van der Waals surface area contributed by atoms with E-state index >= 15 is 0 Å². The molecule has 5 heterocycles. The number of nitrogens with two attached hydrogens (primary N) is 1. The Bertz CT molecular complexity index is 1710. The molecule has 0 aromatic carbocycles. The number of esters is 1. The molecule has 3 aliphatic heterocycles. The average Bonchev–Trinajstić information content (AvgIpc) is 3.70. The summed E-state index contributed by atoms with van der Waals surface area (Å²) in [4.78, 5) is 35.5. The van der Waals surface area contributed by atoms with Gasteiger partial charge in [0.05, 0.1) is 18.3 Å². The van der Waals surface area contributed by atoms with Gasteiger partial charge in [0.1, 0.15) is 35.8 Å². The van der Waals surface area contributed by atoms with Crippen LogP contribution in [0.2, 0.25) is 0 Å². The lowest BCUT2D eigenvalue weighted by molar-refractivity contribution is -0.399. The minimum atomic E-state index is -1.62. The third-order valence-corrected chi connectivity index (χ3v) is 11.0. The van der Waals surface area contributed by atoms with Crippen LogP contribution in [-0.4, -0.2) is 106 Å². The molecule has 16 heteroatoms. The first-order valence-electron chi connectivity index (χ1n) is 16.2. The number of aliphatic hydroxyl groups is 4. The van der Waals surface area contributed by atoms with Gasteiger partial charge in [0.25, 0.3) is 0 Å². The number of allylic oxidation sites excluding steroid dienone is 2. The second-order valence-electron chi connectivity index (χ2n) is 13.8. The third kappa shape index (κ3) is 5.81. The standard InChI is InChI=1S/C33H40N6O10/c1-32-6-5-24(48-29-27(43)26(42)25(41)22(15-40)47-29)33(2,49-45)23(32)11-21-19(14-39-8-7-35-31(39)38-21)20(32)4-3-17-10-18(46-28(17)44)9-16-12-36-30(34)37-13-16/h3-4,7-10,12-13,19-20,22-27,29,40-43,45H,5-6,11,14-15H2,1-2H3,(H2,34,36,37)/t19?,20?,22?,23?,24-,25?,26?,27?,29?,32-,33+/m1/s1. The molecule has 3 fully saturated rings. The van der Waals surface area contributed by atoms with Crippen molar-refractivity contribution < 1.29 is 49.6 Å². The lowest BCUT2D eigenvalue weighted by atomic mass is 9.47. The van der Waals surface area contributed by atoms with Crippen molar-refractivity contribution in [2.24, 2.45) is 28.2 Å². The highest BCUT2D eigenvalue weighted by Gasteiger charge is 2.63. The Morgan fingerprint density at radius 2 is 1.92 bits per heavy atom. The molecule has 0 radical (unpaired) electrons. The van der Waals surface area contributed by atoms with Crippen LogP contribution in [-0.2, 0) is 30.4 Å². The summed E-state index contributed by atoms with van der Waals surface area (Å²) in [6, 6.07) is 0. The number of carbonyl (C=O) groups is 1. The quantitative estimate of drug-likeness (QED) is 0.103. The number of anilines is 1. The predicted molar refractivity (Wildman–Crippen MR) is 170 cm³/mol. The summed E-state index contributed by atoms with van der Waals surface area (Å²) in [6.45, 7) is 3.86. The Morgan fingerprint density at radius 1 is 1.14 bits per heavy atom. The third-order valence-electron chi connectivity index (χ3n) is 11.0. The number of ether oxygens (including phenoxy) is 3. The molecule has 262 valence electrons. The Labute approximate surface area is 281 Å². The van der Waals surface area contributed by atoms with Crippen LogP contribution in [0.1, 0.15) is 38.7 Å². The molecular formula is C33H40N6O10. The highest BCUT2D eigenvalue weighted by molar-refractivity contribution is 5.96. The number of carbonyl (C=O) groups excluding carboxylic acids is 1. The summed E-state index contributed by atoms with van der Waals surface area (Å²) in [7, 11) is 0. The number of nitrogens with zero attached hydrogens (tertiary/aromatic N) is 5. The van der Waals surface area contributed by atoms with Gasteiger partial charge in [-0.2, -0.15) is 0 Å². The molecular weight excluding hydrogens is 640 g/mol. The topological polar surface area (TPSA) is 237 Å². The SMILES string of the molecule is C[C@]12CC[C@@H](OC3OC(CO)C(O)C(O)C3O)[C@@](C)(OO)C1CC1=Nc3nccn3CC1C2C=CC1=CC(=Cc2cnc(N)nc2)OC1=O. The summed E-state index contributed by atoms with van der Waals surface area (Å²) in [5, 5.41) is 51.6. The van der Waals surface area contributed by atoms with E-state index in [1.54, 1.807) is 31.3 Å². The average molecular weight is 681 g/mol. The van der Waals surface area contributed by atoms with Crippen LogP contribution in [0.25, 0.3) is 6.08 Å². The number of nitrogen functional groups attached to an aromatic ring is 1. The van der Waals surface area contributed by atoms with Gasteiger partial charge in [-0.3, -0.25) is 5.26 Å². The van der Waals surface area contributed by atoms with E-state index in [0.717, 1.165) is 5.71 Å². The number of cyclic esters (lactones) is 1. The van der Waals surface area contributed by atoms with E-state index in [0.29, 0.717) is 48.7 Å². The van der Waals surface area contributed by atoms with E-state index in [4.69, 9.17) is 29.8 Å². The van der Waals surface area contributed by atoms with Gasteiger partial charge in [-0.25, -0.2) is 29.6 Å². The van der Waals surface area contributed by atoms with Gasteiger partial charge in [-0.1, -0.05) is 19.1 Å². The van der Waals surface area contributed by atoms with E-state index in [1.165, 1.54) is 12.4 Å². The van der Waals surface area contributed by atoms with Gasteiger partial charge in [0.15, 0.2) is 6.29 Å². The molecule has 1 saturated heterocycles. The maximum atomic E-state index is 13.0. The Balaban J connectivity index is 1.21. The normalized spacial score (nSPS) is 39.6. The van der Waals surface area contributed by atoms with Crippen LogP contribution < -0.4 is 5.73 Å². The molecule has 7 N–H and O–H groups in total. The first kappa shape index (κ1) is 33.6. The molecule has 49 heavy (non-hydrogen) atoms. The monoisotopic (exact) mass is 680 g/mol. The molecule has 0 amide bonds. The Hall–Kier alpha value is -3.87. The maximum Gasteiger partial charge on any atom is 0.343 e. The molecule has 7 rings (SSSR count). The van der Waals surface area contributed by atoms with E-state index in [2.05, 4.69) is 21.9 Å². The molecule has 11 atom stereocenters. The molecule has 16 nitrogen and oxygen atoms in total. The maximum absolute atomic E-state index is 13.0. The second-order valence-corrected chi connectivity index (χ2v) is 13.8. The van der Waals surface area contributed by atoms with Crippen LogP contribution in [0.5, 0.6) is 0 Å². The first-order valence-corrected chi connectivity index (χ1v) is 16.2. The Morgan fingerprint density at radius 3 is 2.65 bits per heavy atom. The number of aliphatic hydroxyl groups excluding tert-OH is 4. The minimum absolute atomic E-state index is 0.0648. The fraction of sp³-hybridized carbons (Fsp3) is 0.545. The molecule has 8 unspecified atom stereocenters. The van der Waals surface area contributed by atoms with Crippen molar-refractivity contribution in [3.8, 4) is 0 Å². The number of hydrogen-bond acceptors (Lipinski definition) is 15. The van der Waals surface area contributed by atoms with Crippen molar-refractivity contribution in [2.45, 2.75) is 82.1 Å². The summed E-state index contributed by atoms with van der Waals surface area (Å²) in [6.07, 6.45) is 6.89. The number of fused-ring (bicyclic) bond motifs is 3. The largest absolute Gasteiger partial charge is 0.423 e. The van der Waals surface area contributed by atoms with Crippen molar-refractivity contribution >= 4 is 29.7 Å². The van der Waals surface area contributed by atoms with Gasteiger partial charge in [-0.15, -0.1) is 0 Å². The molecule has 2 saturated carbocycles. The number of rotatable bonds is 7. The van der Waals surface area contributed by atoms with Crippen LogP contribution in [0, 0.1) is 23.2 Å². The molecule has 5 aliphatic rings. The van der Waals surface area contributed by atoms with E-state index in [1.807, 2.05) is 16.8 Å². The highest BCUT2D eigenvalue weighted by Crippen LogP contribution is 2.60. The zero-order chi connectivity index (χ0) is 34.7. The van der Waals surface area contributed by atoms with Crippen molar-refractivity contribution in [2.75, 3.05) is 12.3 Å². The zero-order valence-corrected chi connectivity index (χ0v) is 26.9. The van der Waals surface area contributed by atoms with Gasteiger partial charge >= 0.3 is 5.97 Å². The second kappa shape index (κ2) is 12.8. The summed E-state index contributed by atoms with van der Waals surface area (Å²) < 4.78 is 19.4. The molecule has 0 spiro atoms. The minimum Gasteiger partial charge on any atom is -0.423 e. The van der Waals surface area contributed by atoms with E-state index < -0.39 is 66.3 Å². The van der Waals surface area contributed by atoms with Gasteiger partial charge in [0.2, 0.25) is 11.9 Å². The first-order chi connectivity index (χ1) is 23.4. The molecule has 2 aromatic rings. The smallest absolute Gasteiger partial charge is 0.343 e. The number of hydrogen-bond donors (Lipinski definition) is 6. The molecule has 0 bridgehead atoms. The molecule has 2 aliphatic carbocycles. The molecule has 2 aromatic heterocycles. The van der Waals surface area contributed by atoms with Crippen molar-refractivity contribution in [1.82, 2.24) is 19.5 Å². The van der Waals surface area contributed by atoms with Crippen LogP contribution in [0.4, 0.5) is 11.9 Å². The van der Waals surface area contributed by atoms with Crippen molar-refractivity contribution in [1.29, 1.82) is 0 Å². The summed E-state index contributed by atoms with van der Waals surface area (Å²) >= 11 is 0. The highest BCUT2D eigenvalue weighted by atomic mass is 17.1.